The van der Waals surface area contributed by atoms with Gasteiger partial charge in [0.2, 0.25) is 11.8 Å². The molecular weight excluding hydrogens is 447 g/mol. The van der Waals surface area contributed by atoms with Crippen molar-refractivity contribution >= 4 is 29.1 Å². The van der Waals surface area contributed by atoms with E-state index in [4.69, 9.17) is 0 Å². The number of para-hydroxylation sites is 1. The first-order valence-electron chi connectivity index (χ1n) is 11.4. The van der Waals surface area contributed by atoms with E-state index in [1.165, 1.54) is 11.0 Å². The summed E-state index contributed by atoms with van der Waals surface area (Å²) in [7, 11) is 0. The third kappa shape index (κ3) is 3.45. The van der Waals surface area contributed by atoms with Crippen LogP contribution >= 0.6 is 0 Å². The van der Waals surface area contributed by atoms with Crippen molar-refractivity contribution in [2.45, 2.75) is 50.9 Å². The van der Waals surface area contributed by atoms with Crippen LogP contribution in [0.2, 0.25) is 0 Å². The Hall–Kier alpha value is -3.36. The SMILES string of the molecule is CC12CCC(=O)N1c1ccccc1C(=O)N2CCC(=O)N1CCCc2cc(C(F)(F)F)ccc21. The summed E-state index contributed by atoms with van der Waals surface area (Å²) in [6.45, 7) is 2.36. The Morgan fingerprint density at radius 1 is 1.06 bits per heavy atom. The summed E-state index contributed by atoms with van der Waals surface area (Å²) in [5.41, 5.74) is 0.415. The number of alkyl halides is 3. The summed E-state index contributed by atoms with van der Waals surface area (Å²) in [5.74, 6) is -0.554. The lowest BCUT2D eigenvalue weighted by Crippen LogP contribution is -2.62. The first-order valence-corrected chi connectivity index (χ1v) is 11.4. The highest BCUT2D eigenvalue weighted by molar-refractivity contribution is 6.10. The molecule has 1 saturated heterocycles. The van der Waals surface area contributed by atoms with Gasteiger partial charge in [0.15, 0.2) is 0 Å². The number of rotatable bonds is 3. The second-order valence-electron chi connectivity index (χ2n) is 9.16. The van der Waals surface area contributed by atoms with E-state index in [9.17, 15) is 27.6 Å². The van der Waals surface area contributed by atoms with Gasteiger partial charge in [0, 0.05) is 31.6 Å². The van der Waals surface area contributed by atoms with Gasteiger partial charge in [-0.25, -0.2) is 0 Å². The monoisotopic (exact) mass is 471 g/mol. The molecule has 0 aromatic heterocycles. The molecule has 3 heterocycles. The Balaban J connectivity index is 1.38. The maximum Gasteiger partial charge on any atom is 0.416 e. The summed E-state index contributed by atoms with van der Waals surface area (Å²) in [6.07, 6.45) is -2.62. The molecule has 6 nitrogen and oxygen atoms in total. The maximum atomic E-state index is 13.3. The number of halogens is 3. The molecule has 1 atom stereocenters. The lowest BCUT2D eigenvalue weighted by molar-refractivity contribution is -0.137. The maximum absolute atomic E-state index is 13.3. The number of nitrogens with zero attached hydrogens (tertiary/aromatic N) is 3. The van der Waals surface area contributed by atoms with Crippen molar-refractivity contribution in [3.8, 4) is 0 Å². The van der Waals surface area contributed by atoms with Gasteiger partial charge in [-0.05, 0) is 62.1 Å². The van der Waals surface area contributed by atoms with Crippen LogP contribution in [0, 0.1) is 0 Å². The van der Waals surface area contributed by atoms with Crippen molar-refractivity contribution in [2.75, 3.05) is 22.9 Å². The van der Waals surface area contributed by atoms with Crippen molar-refractivity contribution in [2.24, 2.45) is 0 Å². The van der Waals surface area contributed by atoms with Crippen molar-refractivity contribution in [3.63, 3.8) is 0 Å². The van der Waals surface area contributed by atoms with E-state index in [-0.39, 0.29) is 30.7 Å². The van der Waals surface area contributed by atoms with Gasteiger partial charge in [0.25, 0.3) is 5.91 Å². The van der Waals surface area contributed by atoms with Gasteiger partial charge in [-0.3, -0.25) is 19.3 Å². The molecule has 3 aliphatic rings. The minimum atomic E-state index is -4.44. The molecule has 1 fully saturated rings. The minimum Gasteiger partial charge on any atom is -0.315 e. The summed E-state index contributed by atoms with van der Waals surface area (Å²) < 4.78 is 39.3. The van der Waals surface area contributed by atoms with E-state index in [1.54, 1.807) is 34.1 Å². The highest BCUT2D eigenvalue weighted by Crippen LogP contribution is 2.44. The van der Waals surface area contributed by atoms with Gasteiger partial charge in [-0.2, -0.15) is 13.2 Å². The van der Waals surface area contributed by atoms with Gasteiger partial charge >= 0.3 is 6.18 Å². The minimum absolute atomic E-state index is 0.00594. The van der Waals surface area contributed by atoms with E-state index in [0.29, 0.717) is 54.7 Å². The molecule has 0 aliphatic carbocycles. The molecule has 0 N–H and O–H groups in total. The molecule has 5 rings (SSSR count). The van der Waals surface area contributed by atoms with E-state index in [1.807, 2.05) is 6.92 Å². The van der Waals surface area contributed by atoms with Crippen LogP contribution in [-0.2, 0) is 22.2 Å². The summed E-state index contributed by atoms with van der Waals surface area (Å²) in [5, 5.41) is 0. The van der Waals surface area contributed by atoms with Crippen LogP contribution in [0.25, 0.3) is 0 Å². The van der Waals surface area contributed by atoms with Crippen LogP contribution in [0.1, 0.15) is 54.1 Å². The molecule has 34 heavy (non-hydrogen) atoms. The Kier molecular flexibility index (Phi) is 5.18. The first-order chi connectivity index (χ1) is 16.1. The number of amides is 3. The van der Waals surface area contributed by atoms with E-state index in [2.05, 4.69) is 0 Å². The standard InChI is InChI=1S/C25H24F3N3O3/c1-24-12-10-22(33)31(24)20-7-3-2-6-18(20)23(34)30(24)14-11-21(32)29-13-4-5-16-15-17(25(26,27)28)8-9-19(16)29/h2-3,6-9,15H,4-5,10-14H2,1H3. The van der Waals surface area contributed by atoms with E-state index < -0.39 is 17.4 Å². The van der Waals surface area contributed by atoms with Gasteiger partial charge in [-0.1, -0.05) is 12.1 Å². The molecule has 1 unspecified atom stereocenters. The van der Waals surface area contributed by atoms with Crippen molar-refractivity contribution in [3.05, 3.63) is 59.2 Å². The number of anilines is 2. The fourth-order valence-corrected chi connectivity index (χ4v) is 5.42. The Morgan fingerprint density at radius 3 is 2.59 bits per heavy atom. The average molecular weight is 471 g/mol. The van der Waals surface area contributed by atoms with Crippen LogP contribution in [0.4, 0.5) is 24.5 Å². The number of carbonyl (C=O) groups is 3. The predicted molar refractivity (Wildman–Crippen MR) is 119 cm³/mol. The molecule has 2 aromatic rings. The molecule has 0 bridgehead atoms. The second-order valence-corrected chi connectivity index (χ2v) is 9.16. The zero-order valence-electron chi connectivity index (χ0n) is 18.7. The van der Waals surface area contributed by atoms with Crippen LogP contribution in [0.5, 0.6) is 0 Å². The molecule has 9 heteroatoms. The summed E-state index contributed by atoms with van der Waals surface area (Å²) >= 11 is 0. The topological polar surface area (TPSA) is 60.9 Å². The predicted octanol–water partition coefficient (Wildman–Crippen LogP) is 4.37. The molecule has 0 radical (unpaired) electrons. The van der Waals surface area contributed by atoms with E-state index >= 15 is 0 Å². The van der Waals surface area contributed by atoms with Crippen LogP contribution < -0.4 is 9.80 Å². The van der Waals surface area contributed by atoms with Crippen molar-refractivity contribution in [1.29, 1.82) is 0 Å². The molecular formula is C25H24F3N3O3. The number of hydrogen-bond donors (Lipinski definition) is 0. The highest BCUT2D eigenvalue weighted by atomic mass is 19.4. The Morgan fingerprint density at radius 2 is 1.82 bits per heavy atom. The van der Waals surface area contributed by atoms with Crippen LogP contribution in [-0.4, -0.2) is 41.4 Å². The number of benzene rings is 2. The van der Waals surface area contributed by atoms with Crippen molar-refractivity contribution in [1.82, 2.24) is 4.90 Å². The number of aryl methyl sites for hydroxylation is 1. The normalized spacial score (nSPS) is 21.9. The zero-order chi connectivity index (χ0) is 24.3. The third-order valence-electron chi connectivity index (χ3n) is 7.12. The molecule has 178 valence electrons. The summed E-state index contributed by atoms with van der Waals surface area (Å²) in [4.78, 5) is 44.0. The number of carbonyl (C=O) groups excluding carboxylic acids is 3. The van der Waals surface area contributed by atoms with Crippen LogP contribution in [0.15, 0.2) is 42.5 Å². The zero-order valence-corrected chi connectivity index (χ0v) is 18.7. The third-order valence-corrected chi connectivity index (χ3v) is 7.12. The summed E-state index contributed by atoms with van der Waals surface area (Å²) in [6, 6.07) is 10.4. The smallest absolute Gasteiger partial charge is 0.315 e. The average Bonchev–Trinajstić information content (AvgIpc) is 3.12. The number of fused-ring (bicyclic) bond motifs is 4. The number of hydrogen-bond acceptors (Lipinski definition) is 3. The molecule has 2 aromatic carbocycles. The quantitative estimate of drug-likeness (QED) is 0.668. The second kappa shape index (κ2) is 7.85. The molecule has 3 aliphatic heterocycles. The molecule has 3 amide bonds. The molecule has 0 saturated carbocycles. The van der Waals surface area contributed by atoms with Gasteiger partial charge in [0.1, 0.15) is 5.66 Å². The van der Waals surface area contributed by atoms with Gasteiger partial charge < -0.3 is 9.80 Å². The Labute approximate surface area is 194 Å². The van der Waals surface area contributed by atoms with Gasteiger partial charge in [-0.15, -0.1) is 0 Å². The largest absolute Gasteiger partial charge is 0.416 e. The van der Waals surface area contributed by atoms with Crippen LogP contribution in [0.3, 0.4) is 0 Å². The first kappa shape index (κ1) is 22.4. The fraction of sp³-hybridized carbons (Fsp3) is 0.400. The lowest BCUT2D eigenvalue weighted by Gasteiger charge is -2.48. The Bertz CT molecular complexity index is 1200. The molecule has 0 spiro atoms. The van der Waals surface area contributed by atoms with Crippen molar-refractivity contribution < 1.29 is 27.6 Å². The van der Waals surface area contributed by atoms with E-state index in [0.717, 1.165) is 12.1 Å². The highest BCUT2D eigenvalue weighted by Gasteiger charge is 2.52. The van der Waals surface area contributed by atoms with Gasteiger partial charge in [0.05, 0.1) is 16.8 Å². The fourth-order valence-electron chi connectivity index (χ4n) is 5.42. The lowest BCUT2D eigenvalue weighted by atomic mass is 9.97.